The van der Waals surface area contributed by atoms with Crippen LogP contribution in [0.15, 0.2) is 18.3 Å². The highest BCUT2D eigenvalue weighted by molar-refractivity contribution is 5.93. The Bertz CT molecular complexity index is 799. The van der Waals surface area contributed by atoms with Crippen LogP contribution >= 0.6 is 0 Å². The highest BCUT2D eigenvalue weighted by Crippen LogP contribution is 2.52. The molecule has 0 aliphatic carbocycles. The summed E-state index contributed by atoms with van der Waals surface area (Å²) in [7, 11) is 1.77. The molecule has 7 nitrogen and oxygen atoms in total. The lowest BCUT2D eigenvalue weighted by Crippen LogP contribution is -2.44. The summed E-state index contributed by atoms with van der Waals surface area (Å²) in [6.45, 7) is 7.95. The molecule has 4 heterocycles. The van der Waals surface area contributed by atoms with E-state index in [1.54, 1.807) is 18.1 Å². The number of rotatable bonds is 7. The summed E-state index contributed by atoms with van der Waals surface area (Å²) in [4.78, 5) is 37.6. The van der Waals surface area contributed by atoms with E-state index in [1.807, 2.05) is 24.0 Å². The molecule has 1 spiro atoms. The molecule has 0 saturated carbocycles. The number of fused-ring (bicyclic) bond motifs is 1. The van der Waals surface area contributed by atoms with Crippen LogP contribution in [0.2, 0.25) is 0 Å². The quantitative estimate of drug-likeness (QED) is 0.726. The first-order valence-electron chi connectivity index (χ1n) is 10.3. The predicted octanol–water partition coefficient (Wildman–Crippen LogP) is 1.89. The van der Waals surface area contributed by atoms with Crippen LogP contribution in [0.4, 0.5) is 0 Å². The second-order valence-corrected chi connectivity index (χ2v) is 8.51. The lowest BCUT2D eigenvalue weighted by Gasteiger charge is -2.27. The molecule has 3 aliphatic rings. The van der Waals surface area contributed by atoms with Crippen molar-refractivity contribution >= 4 is 11.8 Å². The van der Waals surface area contributed by atoms with Crippen LogP contribution in [-0.2, 0) is 20.9 Å². The third kappa shape index (κ3) is 2.96. The number of hydrogen-bond donors (Lipinski definition) is 1. The topological polar surface area (TPSA) is 78.5 Å². The van der Waals surface area contributed by atoms with Gasteiger partial charge in [0, 0.05) is 25.5 Å². The maximum atomic E-state index is 13.3. The zero-order valence-electron chi connectivity index (χ0n) is 17.1. The van der Waals surface area contributed by atoms with Crippen molar-refractivity contribution in [3.8, 4) is 0 Å². The fraction of sp³-hybridized carbons (Fsp3) is 0.667. The van der Waals surface area contributed by atoms with Crippen LogP contribution in [-0.4, -0.2) is 63.4 Å². The van der Waals surface area contributed by atoms with Gasteiger partial charge >= 0.3 is 0 Å². The summed E-state index contributed by atoms with van der Waals surface area (Å²) >= 11 is 0. The van der Waals surface area contributed by atoms with E-state index in [9.17, 15) is 9.59 Å². The van der Waals surface area contributed by atoms with Gasteiger partial charge in [-0.05, 0) is 12.8 Å². The van der Waals surface area contributed by atoms with Crippen LogP contribution < -0.4 is 0 Å². The van der Waals surface area contributed by atoms with Crippen molar-refractivity contribution in [2.45, 2.75) is 51.9 Å². The molecule has 2 amide bonds. The summed E-state index contributed by atoms with van der Waals surface area (Å²) in [5.74, 6) is 0.387. The number of aromatic nitrogens is 2. The molecule has 7 heteroatoms. The Hall–Kier alpha value is -2.15. The number of amides is 2. The molecule has 0 aromatic carbocycles. The van der Waals surface area contributed by atoms with Crippen molar-refractivity contribution in [1.29, 1.82) is 0 Å². The number of hydrogen-bond acceptors (Lipinski definition) is 4. The Labute approximate surface area is 166 Å². The molecular formula is C21H30N4O3. The van der Waals surface area contributed by atoms with E-state index in [0.29, 0.717) is 19.0 Å². The summed E-state index contributed by atoms with van der Waals surface area (Å²) in [5.41, 5.74) is 0.333. The summed E-state index contributed by atoms with van der Waals surface area (Å²) in [6, 6.07) is 0. The smallest absolute Gasteiger partial charge is 0.230 e. The number of H-pyrrole nitrogens is 1. The van der Waals surface area contributed by atoms with Gasteiger partial charge in [-0.15, -0.1) is 0 Å². The van der Waals surface area contributed by atoms with Gasteiger partial charge < -0.3 is 19.5 Å². The van der Waals surface area contributed by atoms with Crippen molar-refractivity contribution < 1.29 is 14.3 Å². The van der Waals surface area contributed by atoms with Crippen molar-refractivity contribution in [2.24, 2.45) is 17.8 Å². The Kier molecular flexibility index (Phi) is 4.81. The van der Waals surface area contributed by atoms with Gasteiger partial charge in [-0.2, -0.15) is 0 Å². The van der Waals surface area contributed by atoms with Crippen LogP contribution in [0, 0.1) is 24.7 Å². The van der Waals surface area contributed by atoms with E-state index >= 15 is 0 Å². The minimum absolute atomic E-state index is 0.0481. The monoisotopic (exact) mass is 386 g/mol. The van der Waals surface area contributed by atoms with Crippen LogP contribution in [0.3, 0.4) is 0 Å². The fourth-order valence-corrected chi connectivity index (χ4v) is 4.98. The molecule has 2 unspecified atom stereocenters. The molecule has 1 aromatic heterocycles. The third-order valence-electron chi connectivity index (χ3n) is 6.62. The molecular weight excluding hydrogens is 356 g/mol. The van der Waals surface area contributed by atoms with E-state index in [0.717, 1.165) is 30.9 Å². The van der Waals surface area contributed by atoms with Crippen molar-refractivity contribution in [3.63, 3.8) is 0 Å². The minimum atomic E-state index is -0.629. The summed E-state index contributed by atoms with van der Waals surface area (Å²) in [6.07, 6.45) is 7.53. The molecule has 4 atom stereocenters. The zero-order valence-corrected chi connectivity index (χ0v) is 17.1. The summed E-state index contributed by atoms with van der Waals surface area (Å²) in [5, 5.41) is 0. The Morgan fingerprint density at radius 3 is 2.86 bits per heavy atom. The van der Waals surface area contributed by atoms with Crippen molar-refractivity contribution in [2.75, 3.05) is 20.1 Å². The van der Waals surface area contributed by atoms with Crippen LogP contribution in [0.1, 0.15) is 38.2 Å². The summed E-state index contributed by atoms with van der Waals surface area (Å²) < 4.78 is 6.23. The first-order valence-corrected chi connectivity index (χ1v) is 10.3. The van der Waals surface area contributed by atoms with Crippen molar-refractivity contribution in [3.05, 3.63) is 29.9 Å². The van der Waals surface area contributed by atoms with Crippen LogP contribution in [0.5, 0.6) is 0 Å². The van der Waals surface area contributed by atoms with Gasteiger partial charge in [0.2, 0.25) is 11.8 Å². The number of carbonyl (C=O) groups excluding carboxylic acids is 2. The van der Waals surface area contributed by atoms with Gasteiger partial charge in [0.15, 0.2) is 0 Å². The SMILES string of the molecule is CCC(CC)CN1C[C@]23C=C[C@H](O2)C(C(=O)N(C)Cc2ncc(C)[nH]2)C3C1=O. The first-order chi connectivity index (χ1) is 13.4. The van der Waals surface area contributed by atoms with E-state index in [1.165, 1.54) is 0 Å². The molecule has 0 radical (unpaired) electrons. The van der Waals surface area contributed by atoms with Crippen LogP contribution in [0.25, 0.3) is 0 Å². The molecule has 4 rings (SSSR count). The minimum Gasteiger partial charge on any atom is -0.360 e. The number of ether oxygens (including phenoxy) is 1. The second-order valence-electron chi connectivity index (χ2n) is 8.51. The number of nitrogens with one attached hydrogen (secondary N) is 1. The van der Waals surface area contributed by atoms with Gasteiger partial charge in [0.25, 0.3) is 0 Å². The largest absolute Gasteiger partial charge is 0.360 e. The van der Waals surface area contributed by atoms with E-state index in [-0.39, 0.29) is 17.9 Å². The molecule has 1 N–H and O–H groups in total. The first kappa shape index (κ1) is 19.2. The van der Waals surface area contributed by atoms with E-state index < -0.39 is 17.4 Å². The maximum Gasteiger partial charge on any atom is 0.230 e. The Balaban J connectivity index is 1.52. The molecule has 2 bridgehead atoms. The lowest BCUT2D eigenvalue weighted by molar-refractivity contribution is -0.143. The average molecular weight is 386 g/mol. The normalized spacial score (nSPS) is 30.5. The number of aryl methyl sites for hydroxylation is 1. The van der Waals surface area contributed by atoms with Gasteiger partial charge in [0.1, 0.15) is 11.4 Å². The molecule has 2 fully saturated rings. The highest BCUT2D eigenvalue weighted by Gasteiger charge is 2.67. The Morgan fingerprint density at radius 1 is 1.46 bits per heavy atom. The number of carbonyl (C=O) groups is 2. The Morgan fingerprint density at radius 2 is 2.21 bits per heavy atom. The number of nitrogens with zero attached hydrogens (tertiary/aromatic N) is 3. The van der Waals surface area contributed by atoms with Gasteiger partial charge in [-0.3, -0.25) is 9.59 Å². The number of likely N-dealkylation sites (tertiary alicyclic amines) is 1. The maximum absolute atomic E-state index is 13.3. The fourth-order valence-electron chi connectivity index (χ4n) is 4.98. The van der Waals surface area contributed by atoms with Crippen molar-refractivity contribution in [1.82, 2.24) is 19.8 Å². The molecule has 28 heavy (non-hydrogen) atoms. The van der Waals surface area contributed by atoms with E-state index in [2.05, 4.69) is 23.8 Å². The zero-order chi connectivity index (χ0) is 20.1. The van der Waals surface area contributed by atoms with E-state index in [4.69, 9.17) is 4.74 Å². The molecule has 3 aliphatic heterocycles. The van der Waals surface area contributed by atoms with Gasteiger partial charge in [-0.25, -0.2) is 4.98 Å². The second kappa shape index (κ2) is 7.03. The standard InChI is InChI=1S/C21H30N4O3/c1-5-14(6-2)10-25-12-21-8-7-15(28-21)17(18(21)20(25)27)19(26)24(4)11-16-22-9-13(3)23-16/h7-9,14-15,17-18H,5-6,10-12H2,1-4H3,(H,22,23)/t15-,17?,18?,21-/m0/s1. The molecule has 152 valence electrons. The lowest BCUT2D eigenvalue weighted by atomic mass is 9.76. The third-order valence-corrected chi connectivity index (χ3v) is 6.62. The van der Waals surface area contributed by atoms with Gasteiger partial charge in [0.05, 0.1) is 31.0 Å². The average Bonchev–Trinajstić information content (AvgIpc) is 3.41. The number of aromatic amines is 1. The molecule has 1 aromatic rings. The predicted molar refractivity (Wildman–Crippen MR) is 104 cm³/mol. The van der Waals surface area contributed by atoms with Gasteiger partial charge in [-0.1, -0.05) is 38.8 Å². The molecule has 2 saturated heterocycles. The highest BCUT2D eigenvalue weighted by atomic mass is 16.5. The number of imidazole rings is 1.